The van der Waals surface area contributed by atoms with Gasteiger partial charge in [-0.25, -0.2) is 0 Å². The number of nitrogens with one attached hydrogen (secondary N) is 1. The first-order valence-corrected chi connectivity index (χ1v) is 6.73. The molecule has 0 unspecified atom stereocenters. The number of hydrogen-bond acceptors (Lipinski definition) is 2. The van der Waals surface area contributed by atoms with Gasteiger partial charge < -0.3 is 9.88 Å². The van der Waals surface area contributed by atoms with Gasteiger partial charge in [0.1, 0.15) is 5.69 Å². The molecule has 21 heavy (non-hydrogen) atoms. The maximum atomic E-state index is 12.3. The van der Waals surface area contributed by atoms with Crippen LogP contribution in [0, 0.1) is 0 Å². The summed E-state index contributed by atoms with van der Waals surface area (Å²) in [5.41, 5.74) is 2.47. The van der Waals surface area contributed by atoms with Gasteiger partial charge in [-0.15, -0.1) is 0 Å². The first-order valence-electron chi connectivity index (χ1n) is 6.73. The minimum atomic E-state index is -0.135. The Morgan fingerprint density at radius 1 is 1.05 bits per heavy atom. The summed E-state index contributed by atoms with van der Waals surface area (Å²) in [5.74, 6) is -0.135. The molecule has 1 N–H and O–H groups in total. The van der Waals surface area contributed by atoms with Crippen LogP contribution in [0.25, 0.3) is 0 Å². The lowest BCUT2D eigenvalue weighted by atomic mass is 10.2. The summed E-state index contributed by atoms with van der Waals surface area (Å²) >= 11 is 0. The summed E-state index contributed by atoms with van der Waals surface area (Å²) in [4.78, 5) is 16.3. The minimum absolute atomic E-state index is 0.135. The molecule has 0 saturated carbocycles. The fraction of sp³-hybridized carbons (Fsp3) is 0.0588. The summed E-state index contributed by atoms with van der Waals surface area (Å²) in [6.07, 6.45) is 5.21. The Morgan fingerprint density at radius 3 is 2.67 bits per heavy atom. The van der Waals surface area contributed by atoms with Crippen molar-refractivity contribution in [1.82, 2.24) is 9.55 Å². The van der Waals surface area contributed by atoms with E-state index in [1.54, 1.807) is 18.5 Å². The van der Waals surface area contributed by atoms with Crippen LogP contribution in [-0.4, -0.2) is 15.5 Å². The average Bonchev–Trinajstić information content (AvgIpc) is 2.97. The largest absolute Gasteiger partial charge is 0.339 e. The molecule has 0 aliphatic heterocycles. The number of carbonyl (C=O) groups is 1. The van der Waals surface area contributed by atoms with E-state index in [4.69, 9.17) is 0 Å². The molecule has 0 saturated heterocycles. The number of pyridine rings is 1. The van der Waals surface area contributed by atoms with Gasteiger partial charge in [-0.05, 0) is 29.8 Å². The Morgan fingerprint density at radius 2 is 1.90 bits per heavy atom. The predicted octanol–water partition coefficient (Wildman–Crippen LogP) is 3.18. The smallest absolute Gasteiger partial charge is 0.272 e. The molecule has 3 aromatic rings. The molecule has 3 rings (SSSR count). The second-order valence-corrected chi connectivity index (χ2v) is 4.70. The Balaban J connectivity index is 1.77. The third kappa shape index (κ3) is 3.17. The molecule has 4 nitrogen and oxygen atoms in total. The summed E-state index contributed by atoms with van der Waals surface area (Å²) in [6.45, 7) is 0.670. The van der Waals surface area contributed by atoms with Gasteiger partial charge >= 0.3 is 0 Å². The minimum Gasteiger partial charge on any atom is -0.339 e. The molecule has 4 heteroatoms. The van der Waals surface area contributed by atoms with Crippen molar-refractivity contribution in [2.45, 2.75) is 6.54 Å². The van der Waals surface area contributed by atoms with Crippen molar-refractivity contribution in [3.63, 3.8) is 0 Å². The molecule has 1 amide bonds. The molecule has 0 bridgehead atoms. The molecule has 2 heterocycles. The van der Waals surface area contributed by atoms with Crippen LogP contribution in [-0.2, 0) is 6.54 Å². The van der Waals surface area contributed by atoms with Gasteiger partial charge in [0, 0.05) is 18.9 Å². The van der Waals surface area contributed by atoms with Crippen molar-refractivity contribution in [2.24, 2.45) is 0 Å². The quantitative estimate of drug-likeness (QED) is 0.796. The molecule has 0 aliphatic rings. The highest BCUT2D eigenvalue weighted by Gasteiger charge is 2.11. The van der Waals surface area contributed by atoms with Gasteiger partial charge in [0.15, 0.2) is 0 Å². The lowest BCUT2D eigenvalue weighted by Crippen LogP contribution is -2.17. The van der Waals surface area contributed by atoms with Crippen molar-refractivity contribution >= 4 is 11.6 Å². The number of anilines is 1. The van der Waals surface area contributed by atoms with E-state index >= 15 is 0 Å². The standard InChI is InChI=1S/C17H15N3O/c21-17(19-15-8-4-10-18-12-15)16-9-5-11-20(16)13-14-6-2-1-3-7-14/h1-12H,13H2,(H,19,21). The van der Waals surface area contributed by atoms with Crippen LogP contribution in [0.1, 0.15) is 16.1 Å². The zero-order valence-electron chi connectivity index (χ0n) is 11.4. The van der Waals surface area contributed by atoms with Gasteiger partial charge in [0.05, 0.1) is 11.9 Å². The number of amides is 1. The zero-order valence-corrected chi connectivity index (χ0v) is 11.4. The van der Waals surface area contributed by atoms with E-state index in [-0.39, 0.29) is 5.91 Å². The van der Waals surface area contributed by atoms with Crippen LogP contribution < -0.4 is 5.32 Å². The van der Waals surface area contributed by atoms with Crippen LogP contribution in [0.5, 0.6) is 0 Å². The third-order valence-electron chi connectivity index (χ3n) is 3.18. The summed E-state index contributed by atoms with van der Waals surface area (Å²) in [6, 6.07) is 17.4. The lowest BCUT2D eigenvalue weighted by molar-refractivity contribution is 0.101. The Hall–Kier alpha value is -2.88. The highest BCUT2D eigenvalue weighted by molar-refractivity contribution is 6.03. The Kier molecular flexibility index (Phi) is 3.78. The summed E-state index contributed by atoms with van der Waals surface area (Å²) in [7, 11) is 0. The first-order chi connectivity index (χ1) is 10.3. The molecule has 0 fully saturated rings. The third-order valence-corrected chi connectivity index (χ3v) is 3.18. The van der Waals surface area contributed by atoms with Crippen molar-refractivity contribution in [2.75, 3.05) is 5.32 Å². The fourth-order valence-electron chi connectivity index (χ4n) is 2.17. The van der Waals surface area contributed by atoms with Gasteiger partial charge in [-0.3, -0.25) is 9.78 Å². The van der Waals surface area contributed by atoms with Gasteiger partial charge in [-0.1, -0.05) is 30.3 Å². The molecule has 0 atom stereocenters. The molecule has 0 spiro atoms. The monoisotopic (exact) mass is 277 g/mol. The molecule has 0 aliphatic carbocycles. The Bertz CT molecular complexity index is 720. The van der Waals surface area contributed by atoms with Gasteiger partial charge in [-0.2, -0.15) is 0 Å². The maximum Gasteiger partial charge on any atom is 0.272 e. The van der Waals surface area contributed by atoms with Gasteiger partial charge in [0.2, 0.25) is 0 Å². The number of rotatable bonds is 4. The first kappa shape index (κ1) is 13.1. The molecular weight excluding hydrogens is 262 g/mol. The Labute approximate surface area is 123 Å². The molecule has 1 aromatic carbocycles. The SMILES string of the molecule is O=C(Nc1cccnc1)c1cccn1Cc1ccccc1. The summed E-state index contributed by atoms with van der Waals surface area (Å²) < 4.78 is 1.93. The fourth-order valence-corrected chi connectivity index (χ4v) is 2.17. The van der Waals surface area contributed by atoms with E-state index < -0.39 is 0 Å². The van der Waals surface area contributed by atoms with Crippen molar-refractivity contribution < 1.29 is 4.79 Å². The predicted molar refractivity (Wildman–Crippen MR) is 82.2 cm³/mol. The number of benzene rings is 1. The van der Waals surface area contributed by atoms with Gasteiger partial charge in [0.25, 0.3) is 5.91 Å². The van der Waals surface area contributed by atoms with Crippen molar-refractivity contribution in [3.05, 3.63) is 84.4 Å². The number of hydrogen-bond donors (Lipinski definition) is 1. The van der Waals surface area contributed by atoms with Crippen molar-refractivity contribution in [3.8, 4) is 0 Å². The van der Waals surface area contributed by atoms with E-state index in [1.807, 2.05) is 59.3 Å². The van der Waals surface area contributed by atoms with E-state index in [0.717, 1.165) is 5.56 Å². The van der Waals surface area contributed by atoms with E-state index in [9.17, 15) is 4.79 Å². The molecular formula is C17H15N3O. The van der Waals surface area contributed by atoms with Crippen LogP contribution >= 0.6 is 0 Å². The average molecular weight is 277 g/mol. The highest BCUT2D eigenvalue weighted by atomic mass is 16.1. The summed E-state index contributed by atoms with van der Waals surface area (Å²) in [5, 5.41) is 2.85. The second kappa shape index (κ2) is 6.05. The molecule has 104 valence electrons. The van der Waals surface area contributed by atoms with Crippen LogP contribution in [0.4, 0.5) is 5.69 Å². The number of nitrogens with zero attached hydrogens (tertiary/aromatic N) is 2. The maximum absolute atomic E-state index is 12.3. The topological polar surface area (TPSA) is 46.9 Å². The molecule has 2 aromatic heterocycles. The van der Waals surface area contributed by atoms with Crippen molar-refractivity contribution in [1.29, 1.82) is 0 Å². The second-order valence-electron chi connectivity index (χ2n) is 4.70. The number of aromatic nitrogens is 2. The van der Waals surface area contributed by atoms with Crippen LogP contribution in [0.15, 0.2) is 73.2 Å². The normalized spacial score (nSPS) is 10.3. The highest BCUT2D eigenvalue weighted by Crippen LogP contribution is 2.11. The number of carbonyl (C=O) groups excluding carboxylic acids is 1. The van der Waals surface area contributed by atoms with Crippen LogP contribution in [0.2, 0.25) is 0 Å². The zero-order chi connectivity index (χ0) is 14.5. The lowest BCUT2D eigenvalue weighted by Gasteiger charge is -2.09. The van der Waals surface area contributed by atoms with Crippen LogP contribution in [0.3, 0.4) is 0 Å². The van der Waals surface area contributed by atoms with E-state index in [1.165, 1.54) is 0 Å². The van der Waals surface area contributed by atoms with E-state index in [2.05, 4.69) is 10.3 Å². The molecule has 0 radical (unpaired) electrons. The van der Waals surface area contributed by atoms with E-state index in [0.29, 0.717) is 17.9 Å².